The van der Waals surface area contributed by atoms with Crippen molar-refractivity contribution in [3.63, 3.8) is 0 Å². The van der Waals surface area contributed by atoms with Crippen LogP contribution in [0.2, 0.25) is 20.1 Å². The van der Waals surface area contributed by atoms with Gasteiger partial charge < -0.3 is 0 Å². The van der Waals surface area contributed by atoms with Crippen LogP contribution in [0.1, 0.15) is 16.7 Å². The summed E-state index contributed by atoms with van der Waals surface area (Å²) in [7, 11) is -3.90. The highest BCUT2D eigenvalue weighted by Gasteiger charge is 2.34. The molecule has 0 unspecified atom stereocenters. The van der Waals surface area contributed by atoms with E-state index in [1.807, 2.05) is 6.92 Å². The molecule has 1 heterocycles. The molecule has 1 aliphatic heterocycles. The minimum atomic E-state index is -3.90. The zero-order valence-corrected chi connectivity index (χ0v) is 22.3. The maximum atomic E-state index is 13.5. The maximum Gasteiger partial charge on any atom is 0.243 e. The van der Waals surface area contributed by atoms with E-state index >= 15 is 0 Å². The van der Waals surface area contributed by atoms with Gasteiger partial charge in [-0.1, -0.05) is 76.2 Å². The molecular weight excluding hydrogens is 548 g/mol. The topological polar surface area (TPSA) is 54.5 Å². The van der Waals surface area contributed by atoms with Gasteiger partial charge in [0.05, 0.1) is 4.90 Å². The summed E-state index contributed by atoms with van der Waals surface area (Å²) in [5.74, 6) is -0.294. The number of nitrogens with zero attached hydrogens (tertiary/aromatic N) is 1. The van der Waals surface area contributed by atoms with Gasteiger partial charge in [-0.15, -0.1) is 0 Å². The molecule has 1 saturated heterocycles. The quantitative estimate of drug-likeness (QED) is 0.310. The Bertz CT molecular complexity index is 1410. The summed E-state index contributed by atoms with van der Waals surface area (Å²) in [6.07, 6.45) is 3.18. The predicted molar refractivity (Wildman–Crippen MR) is 144 cm³/mol. The summed E-state index contributed by atoms with van der Waals surface area (Å²) in [6.45, 7) is 1.66. The molecule has 3 aromatic carbocycles. The average molecular weight is 567 g/mol. The smallest absolute Gasteiger partial charge is 0.243 e. The number of sulfonamides is 1. The zero-order valence-electron chi connectivity index (χ0n) is 18.4. The molecule has 0 atom stereocenters. The number of ketones is 1. The van der Waals surface area contributed by atoms with E-state index in [1.54, 1.807) is 72.8 Å². The van der Waals surface area contributed by atoms with Crippen LogP contribution in [0, 0.1) is 6.92 Å². The third kappa shape index (κ3) is 5.83. The average Bonchev–Trinajstić information content (AvgIpc) is 2.80. The lowest BCUT2D eigenvalue weighted by Gasteiger charge is -2.29. The van der Waals surface area contributed by atoms with E-state index in [2.05, 4.69) is 0 Å². The van der Waals surface area contributed by atoms with E-state index in [0.717, 1.165) is 5.56 Å². The Morgan fingerprint density at radius 3 is 1.63 bits per heavy atom. The fourth-order valence-electron chi connectivity index (χ4n) is 3.65. The van der Waals surface area contributed by atoms with E-state index in [1.165, 1.54) is 4.31 Å². The highest BCUT2D eigenvalue weighted by Crippen LogP contribution is 2.31. The number of hydrogen-bond donors (Lipinski definition) is 0. The highest BCUT2D eigenvalue weighted by atomic mass is 35.5. The van der Waals surface area contributed by atoms with Crippen LogP contribution in [0.5, 0.6) is 0 Å². The first-order chi connectivity index (χ1) is 16.5. The lowest BCUT2D eigenvalue weighted by atomic mass is 9.95. The first kappa shape index (κ1) is 26.0. The fourth-order valence-corrected chi connectivity index (χ4v) is 5.97. The van der Waals surface area contributed by atoms with Gasteiger partial charge in [-0.2, -0.15) is 4.31 Å². The third-order valence-electron chi connectivity index (χ3n) is 5.52. The van der Waals surface area contributed by atoms with Gasteiger partial charge in [0.1, 0.15) is 0 Å². The van der Waals surface area contributed by atoms with Crippen LogP contribution in [-0.4, -0.2) is 31.6 Å². The summed E-state index contributed by atoms with van der Waals surface area (Å²) >= 11 is 24.6. The van der Waals surface area contributed by atoms with Crippen molar-refractivity contribution in [2.24, 2.45) is 0 Å². The SMILES string of the molecule is Cc1ccc(S(=O)(=O)N2C/C(=C\c3ccc(Cl)cc3Cl)C(=O)/C(=C/c3ccc(Cl)cc3Cl)C2)cc1. The number of halogens is 4. The summed E-state index contributed by atoms with van der Waals surface area (Å²) in [5.41, 5.74) is 2.59. The molecule has 0 amide bonds. The van der Waals surface area contributed by atoms with Gasteiger partial charge in [-0.25, -0.2) is 8.42 Å². The van der Waals surface area contributed by atoms with Crippen LogP contribution in [0.25, 0.3) is 12.2 Å². The molecule has 1 aliphatic rings. The van der Waals surface area contributed by atoms with Crippen molar-refractivity contribution >= 4 is 74.4 Å². The van der Waals surface area contributed by atoms with Gasteiger partial charge in [0.25, 0.3) is 0 Å². The Morgan fingerprint density at radius 2 is 1.20 bits per heavy atom. The van der Waals surface area contributed by atoms with Gasteiger partial charge >= 0.3 is 0 Å². The van der Waals surface area contributed by atoms with E-state index in [-0.39, 0.29) is 34.9 Å². The Hall–Kier alpha value is -2.12. The van der Waals surface area contributed by atoms with E-state index < -0.39 is 10.0 Å². The van der Waals surface area contributed by atoms with Crippen LogP contribution < -0.4 is 0 Å². The monoisotopic (exact) mass is 565 g/mol. The number of piperidine rings is 1. The molecule has 0 saturated carbocycles. The predicted octanol–water partition coefficient (Wildman–Crippen LogP) is 7.35. The lowest BCUT2D eigenvalue weighted by molar-refractivity contribution is -0.113. The van der Waals surface area contributed by atoms with Gasteiger partial charge in [-0.05, 0) is 66.6 Å². The Balaban J connectivity index is 1.82. The van der Waals surface area contributed by atoms with Gasteiger partial charge in [-0.3, -0.25) is 4.79 Å². The van der Waals surface area contributed by atoms with Gasteiger partial charge in [0, 0.05) is 44.3 Å². The molecular formula is C26H19Cl4NO3S. The second-order valence-electron chi connectivity index (χ2n) is 8.09. The fraction of sp³-hybridized carbons (Fsp3) is 0.115. The minimum absolute atomic E-state index is 0.111. The van der Waals surface area contributed by atoms with Crippen molar-refractivity contribution in [2.75, 3.05) is 13.1 Å². The summed E-state index contributed by atoms with van der Waals surface area (Å²) < 4.78 is 28.3. The van der Waals surface area contributed by atoms with Crippen LogP contribution in [-0.2, 0) is 14.8 Å². The molecule has 0 spiro atoms. The van der Waals surface area contributed by atoms with E-state index in [0.29, 0.717) is 31.2 Å². The van der Waals surface area contributed by atoms with Crippen LogP contribution >= 0.6 is 46.4 Å². The molecule has 9 heteroatoms. The van der Waals surface area contributed by atoms with Gasteiger partial charge in [0.15, 0.2) is 5.78 Å². The standard InChI is InChI=1S/C26H19Cl4NO3S/c1-16-2-8-23(9-3-16)35(33,34)31-14-19(10-17-4-6-21(27)12-24(17)29)26(32)20(15-31)11-18-5-7-22(28)13-25(18)30/h2-13H,14-15H2,1H3/b19-10+,20-11+. The number of Topliss-reactive ketones (excluding diaryl/α,β-unsaturated/α-hetero) is 1. The summed E-state index contributed by atoms with van der Waals surface area (Å²) in [4.78, 5) is 13.6. The molecule has 3 aromatic rings. The molecule has 0 aliphatic carbocycles. The van der Waals surface area contributed by atoms with E-state index in [4.69, 9.17) is 46.4 Å². The molecule has 4 nitrogen and oxygen atoms in total. The first-order valence-electron chi connectivity index (χ1n) is 10.5. The normalized spacial score (nSPS) is 17.3. The van der Waals surface area contributed by atoms with Crippen molar-refractivity contribution in [1.82, 2.24) is 4.31 Å². The molecule has 35 heavy (non-hydrogen) atoms. The number of rotatable bonds is 4. The molecule has 0 bridgehead atoms. The molecule has 4 rings (SSSR count). The van der Waals surface area contributed by atoms with Crippen LogP contribution in [0.3, 0.4) is 0 Å². The van der Waals surface area contributed by atoms with Crippen molar-refractivity contribution in [1.29, 1.82) is 0 Å². The second kappa shape index (κ2) is 10.5. The second-order valence-corrected chi connectivity index (χ2v) is 11.7. The molecule has 0 aromatic heterocycles. The maximum absolute atomic E-state index is 13.5. The van der Waals surface area contributed by atoms with Crippen molar-refractivity contribution in [2.45, 2.75) is 11.8 Å². The number of carbonyl (C=O) groups excluding carboxylic acids is 1. The van der Waals surface area contributed by atoms with Crippen molar-refractivity contribution < 1.29 is 13.2 Å². The number of hydrogen-bond acceptors (Lipinski definition) is 3. The molecule has 0 N–H and O–H groups in total. The molecule has 0 radical (unpaired) electrons. The summed E-state index contributed by atoms with van der Waals surface area (Å²) in [5, 5.41) is 1.60. The third-order valence-corrected chi connectivity index (χ3v) is 8.45. The molecule has 1 fully saturated rings. The first-order valence-corrected chi connectivity index (χ1v) is 13.4. The van der Waals surface area contributed by atoms with Crippen molar-refractivity contribution in [3.8, 4) is 0 Å². The highest BCUT2D eigenvalue weighted by molar-refractivity contribution is 7.89. The largest absolute Gasteiger partial charge is 0.289 e. The number of benzene rings is 3. The zero-order chi connectivity index (χ0) is 25.3. The minimum Gasteiger partial charge on any atom is -0.289 e. The Kier molecular flexibility index (Phi) is 7.77. The Labute approximate surface area is 224 Å². The van der Waals surface area contributed by atoms with Gasteiger partial charge in [0.2, 0.25) is 10.0 Å². The number of aryl methyl sites for hydroxylation is 1. The number of carbonyl (C=O) groups is 1. The Morgan fingerprint density at radius 1 is 0.743 bits per heavy atom. The molecule has 180 valence electrons. The van der Waals surface area contributed by atoms with Crippen LogP contribution in [0.4, 0.5) is 0 Å². The summed E-state index contributed by atoms with van der Waals surface area (Å²) in [6, 6.07) is 16.4. The van der Waals surface area contributed by atoms with E-state index in [9.17, 15) is 13.2 Å². The van der Waals surface area contributed by atoms with Crippen LogP contribution in [0.15, 0.2) is 76.7 Å². The lowest BCUT2D eigenvalue weighted by Crippen LogP contribution is -2.41. The van der Waals surface area contributed by atoms with Crippen molar-refractivity contribution in [3.05, 3.63) is 109 Å².